The number of allylic oxidation sites excluding steroid dienone is 1. The molecule has 1 saturated carbocycles. The highest BCUT2D eigenvalue weighted by Crippen LogP contribution is 2.63. The van der Waals surface area contributed by atoms with Gasteiger partial charge in [-0.1, -0.05) is 6.08 Å². The van der Waals surface area contributed by atoms with Crippen LogP contribution in [0.25, 0.3) is 0 Å². The molecule has 132 valence electrons. The number of ether oxygens (including phenoxy) is 2. The van der Waals surface area contributed by atoms with Gasteiger partial charge in [0.15, 0.2) is 0 Å². The third-order valence-corrected chi connectivity index (χ3v) is 6.13. The van der Waals surface area contributed by atoms with Crippen LogP contribution in [0.5, 0.6) is 0 Å². The van der Waals surface area contributed by atoms with Crippen molar-refractivity contribution in [2.45, 2.75) is 36.6 Å². The van der Waals surface area contributed by atoms with Gasteiger partial charge >= 0.3 is 0 Å². The molecular weight excluding hydrogens is 318 g/mol. The van der Waals surface area contributed by atoms with Crippen LogP contribution >= 0.6 is 0 Å². The molecule has 3 aliphatic heterocycles. The molecule has 25 heavy (non-hydrogen) atoms. The maximum Gasteiger partial charge on any atom is 0.290 e. The molecule has 3 fully saturated rings. The van der Waals surface area contributed by atoms with E-state index in [0.717, 1.165) is 12.3 Å². The van der Waals surface area contributed by atoms with Gasteiger partial charge in [0.1, 0.15) is 23.7 Å². The molecule has 0 amide bonds. The zero-order valence-electron chi connectivity index (χ0n) is 14.6. The molecule has 1 spiro atoms. The van der Waals surface area contributed by atoms with Gasteiger partial charge in [0.25, 0.3) is 6.02 Å². The SMILES string of the molecule is CN=C(NC1=NC2C=C(OC)C=CC2N=C1)OC1CN2CCC23CC13. The molecule has 2 aliphatic carbocycles. The first-order valence-electron chi connectivity index (χ1n) is 8.92. The highest BCUT2D eigenvalue weighted by Gasteiger charge is 2.71. The van der Waals surface area contributed by atoms with Crippen molar-refractivity contribution in [2.75, 3.05) is 27.2 Å². The summed E-state index contributed by atoms with van der Waals surface area (Å²) in [6.07, 6.45) is 10.5. The molecule has 0 radical (unpaired) electrons. The van der Waals surface area contributed by atoms with Crippen LogP contribution in [-0.2, 0) is 9.47 Å². The highest BCUT2D eigenvalue weighted by molar-refractivity contribution is 6.33. The summed E-state index contributed by atoms with van der Waals surface area (Å²) in [6, 6.07) is 0.517. The lowest BCUT2D eigenvalue weighted by Crippen LogP contribution is -2.48. The Morgan fingerprint density at radius 3 is 3.00 bits per heavy atom. The lowest BCUT2D eigenvalue weighted by molar-refractivity contribution is 0.0806. The van der Waals surface area contributed by atoms with E-state index in [1.165, 1.54) is 19.4 Å². The molecule has 0 bridgehead atoms. The minimum atomic E-state index is -0.0503. The largest absolute Gasteiger partial charge is 0.497 e. The molecule has 3 heterocycles. The number of amidine groups is 2. The molecule has 5 rings (SSSR count). The summed E-state index contributed by atoms with van der Waals surface area (Å²) >= 11 is 0. The highest BCUT2D eigenvalue weighted by atomic mass is 16.5. The van der Waals surface area contributed by atoms with E-state index >= 15 is 0 Å². The maximum atomic E-state index is 6.17. The molecule has 7 nitrogen and oxygen atoms in total. The van der Waals surface area contributed by atoms with E-state index in [0.29, 0.717) is 23.3 Å². The summed E-state index contributed by atoms with van der Waals surface area (Å²) in [6.45, 7) is 2.23. The van der Waals surface area contributed by atoms with Crippen molar-refractivity contribution in [3.8, 4) is 0 Å². The Kier molecular flexibility index (Phi) is 3.28. The molecule has 5 unspecified atom stereocenters. The predicted octanol–water partition coefficient (Wildman–Crippen LogP) is 0.745. The van der Waals surface area contributed by atoms with Crippen molar-refractivity contribution in [3.63, 3.8) is 0 Å². The summed E-state index contributed by atoms with van der Waals surface area (Å²) in [5.41, 5.74) is 0.482. The second-order valence-corrected chi connectivity index (χ2v) is 7.33. The topological polar surface area (TPSA) is 70.8 Å². The Morgan fingerprint density at radius 2 is 2.36 bits per heavy atom. The Balaban J connectivity index is 1.25. The predicted molar refractivity (Wildman–Crippen MR) is 96.1 cm³/mol. The summed E-state index contributed by atoms with van der Waals surface area (Å²) < 4.78 is 11.5. The van der Waals surface area contributed by atoms with Crippen LogP contribution in [0, 0.1) is 5.92 Å². The molecule has 5 aliphatic rings. The normalized spacial score (nSPS) is 41.0. The Hall–Kier alpha value is -2.15. The minimum absolute atomic E-state index is 0.0389. The molecular formula is C18H23N5O2. The number of piperidine rings is 1. The van der Waals surface area contributed by atoms with Gasteiger partial charge in [0, 0.05) is 31.6 Å². The number of rotatable bonds is 2. The van der Waals surface area contributed by atoms with E-state index in [1.54, 1.807) is 20.4 Å². The number of nitrogens with one attached hydrogen (secondary N) is 1. The average molecular weight is 341 g/mol. The quantitative estimate of drug-likeness (QED) is 0.594. The van der Waals surface area contributed by atoms with Crippen molar-refractivity contribution in [3.05, 3.63) is 24.0 Å². The molecule has 1 N–H and O–H groups in total. The number of hydrogen-bond donors (Lipinski definition) is 1. The van der Waals surface area contributed by atoms with E-state index in [4.69, 9.17) is 14.5 Å². The minimum Gasteiger partial charge on any atom is -0.497 e. The lowest BCUT2D eigenvalue weighted by atomic mass is 10.0. The van der Waals surface area contributed by atoms with E-state index in [-0.39, 0.29) is 18.2 Å². The van der Waals surface area contributed by atoms with Crippen molar-refractivity contribution < 1.29 is 9.47 Å². The summed E-state index contributed by atoms with van der Waals surface area (Å²) in [7, 11) is 3.40. The second-order valence-electron chi connectivity index (χ2n) is 7.33. The second kappa shape index (κ2) is 5.42. The first-order chi connectivity index (χ1) is 12.2. The fourth-order valence-corrected chi connectivity index (χ4v) is 4.57. The number of aliphatic imine (C=N–C) groups is 3. The Labute approximate surface area is 147 Å². The lowest BCUT2D eigenvalue weighted by Gasteiger charge is -2.38. The van der Waals surface area contributed by atoms with Crippen molar-refractivity contribution in [1.29, 1.82) is 0 Å². The average Bonchev–Trinajstić information content (AvgIpc) is 3.36. The molecule has 2 saturated heterocycles. The number of nitrogens with zero attached hydrogens (tertiary/aromatic N) is 4. The first kappa shape index (κ1) is 15.1. The molecule has 7 heteroatoms. The van der Waals surface area contributed by atoms with E-state index < -0.39 is 0 Å². The maximum absolute atomic E-state index is 6.17. The van der Waals surface area contributed by atoms with Crippen molar-refractivity contribution in [1.82, 2.24) is 10.2 Å². The van der Waals surface area contributed by atoms with Crippen LogP contribution in [0.1, 0.15) is 12.8 Å². The van der Waals surface area contributed by atoms with E-state index in [1.807, 2.05) is 18.2 Å². The van der Waals surface area contributed by atoms with Crippen LogP contribution in [0.2, 0.25) is 0 Å². The fourth-order valence-electron chi connectivity index (χ4n) is 4.57. The van der Waals surface area contributed by atoms with E-state index in [2.05, 4.69) is 20.2 Å². The van der Waals surface area contributed by atoms with Crippen molar-refractivity contribution in [2.24, 2.45) is 20.9 Å². The number of methoxy groups -OCH3 is 1. The van der Waals surface area contributed by atoms with Crippen LogP contribution in [0.4, 0.5) is 0 Å². The van der Waals surface area contributed by atoms with Crippen molar-refractivity contribution >= 4 is 18.1 Å². The van der Waals surface area contributed by atoms with Crippen LogP contribution < -0.4 is 5.32 Å². The number of fused-ring (bicyclic) bond motifs is 1. The smallest absolute Gasteiger partial charge is 0.290 e. The molecule has 5 atom stereocenters. The summed E-state index contributed by atoms with van der Waals surface area (Å²) in [4.78, 5) is 16.1. The van der Waals surface area contributed by atoms with Gasteiger partial charge in [-0.3, -0.25) is 20.2 Å². The summed E-state index contributed by atoms with van der Waals surface area (Å²) in [5.74, 6) is 2.16. The molecule has 0 aromatic carbocycles. The monoisotopic (exact) mass is 341 g/mol. The van der Waals surface area contributed by atoms with Crippen LogP contribution in [-0.4, -0.2) is 73.9 Å². The third kappa shape index (κ3) is 2.33. The van der Waals surface area contributed by atoms with Gasteiger partial charge in [0.2, 0.25) is 0 Å². The van der Waals surface area contributed by atoms with Gasteiger partial charge in [-0.05, 0) is 25.0 Å². The van der Waals surface area contributed by atoms with Gasteiger partial charge in [-0.15, -0.1) is 0 Å². The molecule has 0 aromatic heterocycles. The number of hydrogen-bond acceptors (Lipinski definition) is 6. The standard InChI is InChI=1S/C18H23N5O2/c1-19-17(25-15-10-23-6-5-18(23)8-12(15)18)22-16-9-20-13-4-3-11(24-2)7-14(13)21-16/h3-4,7,9,12-15H,5-6,8,10H2,1-2H3,(H,19,21,22). The van der Waals surface area contributed by atoms with Gasteiger partial charge in [-0.2, -0.15) is 0 Å². The fraction of sp³-hybridized carbons (Fsp3) is 0.611. The van der Waals surface area contributed by atoms with Gasteiger partial charge < -0.3 is 9.47 Å². The van der Waals surface area contributed by atoms with Crippen LogP contribution in [0.15, 0.2) is 39.0 Å². The zero-order chi connectivity index (χ0) is 17.0. The van der Waals surface area contributed by atoms with Gasteiger partial charge in [-0.25, -0.2) is 4.99 Å². The Morgan fingerprint density at radius 1 is 1.44 bits per heavy atom. The van der Waals surface area contributed by atoms with Gasteiger partial charge in [0.05, 0.1) is 19.4 Å². The summed E-state index contributed by atoms with van der Waals surface area (Å²) in [5, 5.41) is 3.20. The Bertz CT molecular complexity index is 740. The van der Waals surface area contributed by atoms with E-state index in [9.17, 15) is 0 Å². The zero-order valence-corrected chi connectivity index (χ0v) is 14.6. The first-order valence-corrected chi connectivity index (χ1v) is 8.92. The van der Waals surface area contributed by atoms with Crippen LogP contribution in [0.3, 0.4) is 0 Å². The third-order valence-electron chi connectivity index (χ3n) is 6.13. The molecule has 0 aromatic rings.